The molecule has 1 amide bonds. The molecule has 0 spiro atoms. The van der Waals surface area contributed by atoms with E-state index in [0.29, 0.717) is 0 Å². The number of hydrogen-bond donors (Lipinski definition) is 2. The van der Waals surface area contributed by atoms with E-state index >= 15 is 0 Å². The van der Waals surface area contributed by atoms with Crippen LogP contribution in [0.3, 0.4) is 0 Å². The standard InChI is InChI=1S/C22H20F2N2O/c1-15-7-9-17(10-8-15)22(16-5-3-2-4-6-16)25-14-21(27)26-20-13-18(23)11-12-19(20)24/h2-13,22,25H,14H2,1H3,(H,26,27)/t22-/m0/s1. The van der Waals surface area contributed by atoms with Gasteiger partial charge in [-0.3, -0.25) is 10.1 Å². The average molecular weight is 366 g/mol. The van der Waals surface area contributed by atoms with Crippen LogP contribution >= 0.6 is 0 Å². The summed E-state index contributed by atoms with van der Waals surface area (Å²) in [7, 11) is 0. The number of rotatable bonds is 6. The van der Waals surface area contributed by atoms with Crippen LogP contribution in [0.25, 0.3) is 0 Å². The molecule has 2 N–H and O–H groups in total. The van der Waals surface area contributed by atoms with Crippen molar-refractivity contribution in [2.24, 2.45) is 0 Å². The molecule has 0 aliphatic heterocycles. The van der Waals surface area contributed by atoms with Crippen LogP contribution in [0.1, 0.15) is 22.7 Å². The van der Waals surface area contributed by atoms with Gasteiger partial charge in [0.15, 0.2) is 0 Å². The third-order valence-corrected chi connectivity index (χ3v) is 4.21. The molecule has 3 nitrogen and oxygen atoms in total. The van der Waals surface area contributed by atoms with E-state index in [4.69, 9.17) is 0 Å². The lowest BCUT2D eigenvalue weighted by molar-refractivity contribution is -0.115. The first kappa shape index (κ1) is 18.7. The highest BCUT2D eigenvalue weighted by molar-refractivity contribution is 5.92. The third kappa shape index (κ3) is 4.99. The minimum atomic E-state index is -0.678. The van der Waals surface area contributed by atoms with E-state index in [1.54, 1.807) is 0 Å². The molecular weight excluding hydrogens is 346 g/mol. The van der Waals surface area contributed by atoms with Crippen LogP contribution in [0, 0.1) is 18.6 Å². The van der Waals surface area contributed by atoms with E-state index in [1.165, 1.54) is 0 Å². The quantitative estimate of drug-likeness (QED) is 0.670. The summed E-state index contributed by atoms with van der Waals surface area (Å²) in [5.41, 5.74) is 2.99. The Kier molecular flexibility index (Phi) is 5.94. The number of halogens is 2. The number of benzene rings is 3. The fraction of sp³-hybridized carbons (Fsp3) is 0.136. The second-order valence-corrected chi connectivity index (χ2v) is 6.31. The normalized spacial score (nSPS) is 11.8. The molecule has 0 heterocycles. The van der Waals surface area contributed by atoms with Gasteiger partial charge in [0.1, 0.15) is 11.6 Å². The van der Waals surface area contributed by atoms with Gasteiger partial charge in [0.25, 0.3) is 0 Å². The van der Waals surface area contributed by atoms with E-state index in [-0.39, 0.29) is 18.3 Å². The first-order valence-corrected chi connectivity index (χ1v) is 8.63. The topological polar surface area (TPSA) is 41.1 Å². The van der Waals surface area contributed by atoms with Gasteiger partial charge in [0, 0.05) is 6.07 Å². The lowest BCUT2D eigenvalue weighted by atomic mass is 9.98. The lowest BCUT2D eigenvalue weighted by Gasteiger charge is -2.20. The maximum atomic E-state index is 13.7. The molecule has 0 bridgehead atoms. The van der Waals surface area contributed by atoms with Gasteiger partial charge in [-0.2, -0.15) is 0 Å². The minimum absolute atomic E-state index is 0.0522. The highest BCUT2D eigenvalue weighted by Crippen LogP contribution is 2.22. The molecule has 1 atom stereocenters. The number of nitrogens with one attached hydrogen (secondary N) is 2. The highest BCUT2D eigenvalue weighted by Gasteiger charge is 2.16. The average Bonchev–Trinajstić information content (AvgIpc) is 2.67. The van der Waals surface area contributed by atoms with Gasteiger partial charge < -0.3 is 5.32 Å². The zero-order chi connectivity index (χ0) is 19.2. The second kappa shape index (κ2) is 8.56. The van der Waals surface area contributed by atoms with Crippen molar-refractivity contribution in [1.82, 2.24) is 5.32 Å². The van der Waals surface area contributed by atoms with E-state index in [0.717, 1.165) is 34.9 Å². The molecule has 0 radical (unpaired) electrons. The van der Waals surface area contributed by atoms with Crippen molar-refractivity contribution in [2.45, 2.75) is 13.0 Å². The molecule has 0 saturated heterocycles. The summed E-state index contributed by atoms with van der Waals surface area (Å²) in [6, 6.07) is 20.5. The zero-order valence-electron chi connectivity index (χ0n) is 14.9. The van der Waals surface area contributed by atoms with Crippen LogP contribution in [-0.4, -0.2) is 12.5 Å². The van der Waals surface area contributed by atoms with Crippen LogP contribution in [0.4, 0.5) is 14.5 Å². The van der Waals surface area contributed by atoms with Gasteiger partial charge in [0.05, 0.1) is 18.3 Å². The van der Waals surface area contributed by atoms with Crippen molar-refractivity contribution in [3.8, 4) is 0 Å². The third-order valence-electron chi connectivity index (χ3n) is 4.21. The molecule has 138 valence electrons. The SMILES string of the molecule is Cc1ccc([C@@H](NCC(=O)Nc2cc(F)ccc2F)c2ccccc2)cc1. The molecule has 0 aliphatic rings. The fourth-order valence-electron chi connectivity index (χ4n) is 2.81. The van der Waals surface area contributed by atoms with Gasteiger partial charge in [-0.1, -0.05) is 60.2 Å². The van der Waals surface area contributed by atoms with Crippen molar-refractivity contribution in [3.63, 3.8) is 0 Å². The fourth-order valence-corrected chi connectivity index (χ4v) is 2.81. The van der Waals surface area contributed by atoms with Crippen molar-refractivity contribution < 1.29 is 13.6 Å². The predicted molar refractivity (Wildman–Crippen MR) is 102 cm³/mol. The Morgan fingerprint density at radius 2 is 1.59 bits per heavy atom. The van der Waals surface area contributed by atoms with E-state index in [2.05, 4.69) is 10.6 Å². The Labute approximate surface area is 157 Å². The molecule has 0 aromatic heterocycles. The van der Waals surface area contributed by atoms with Crippen LogP contribution in [0.5, 0.6) is 0 Å². The van der Waals surface area contributed by atoms with Crippen LogP contribution in [0.2, 0.25) is 0 Å². The summed E-state index contributed by atoms with van der Waals surface area (Å²) in [4.78, 5) is 12.2. The van der Waals surface area contributed by atoms with Crippen molar-refractivity contribution >= 4 is 11.6 Å². The van der Waals surface area contributed by atoms with Gasteiger partial charge >= 0.3 is 0 Å². The van der Waals surface area contributed by atoms with Crippen molar-refractivity contribution in [2.75, 3.05) is 11.9 Å². The zero-order valence-corrected chi connectivity index (χ0v) is 14.9. The predicted octanol–water partition coefficient (Wildman–Crippen LogP) is 4.59. The first-order chi connectivity index (χ1) is 13.0. The molecule has 3 rings (SSSR count). The molecule has 0 fully saturated rings. The Balaban J connectivity index is 1.73. The summed E-state index contributed by atoms with van der Waals surface area (Å²) in [6.45, 7) is 1.96. The highest BCUT2D eigenvalue weighted by atomic mass is 19.1. The summed E-state index contributed by atoms with van der Waals surface area (Å²) in [6.07, 6.45) is 0. The van der Waals surface area contributed by atoms with Crippen molar-refractivity contribution in [3.05, 3.63) is 101 Å². The smallest absolute Gasteiger partial charge is 0.238 e. The largest absolute Gasteiger partial charge is 0.322 e. The molecule has 3 aromatic rings. The number of hydrogen-bond acceptors (Lipinski definition) is 2. The van der Waals surface area contributed by atoms with Crippen LogP contribution < -0.4 is 10.6 Å². The molecule has 0 aliphatic carbocycles. The summed E-state index contributed by atoms with van der Waals surface area (Å²) in [5, 5.41) is 5.60. The molecule has 5 heteroatoms. The van der Waals surface area contributed by atoms with Crippen LogP contribution in [-0.2, 0) is 4.79 Å². The summed E-state index contributed by atoms with van der Waals surface area (Å²) >= 11 is 0. The molecule has 27 heavy (non-hydrogen) atoms. The molecular formula is C22H20F2N2O. The lowest BCUT2D eigenvalue weighted by Crippen LogP contribution is -2.32. The summed E-state index contributed by atoms with van der Waals surface area (Å²) in [5.74, 6) is -1.74. The Morgan fingerprint density at radius 3 is 2.30 bits per heavy atom. The Bertz CT molecular complexity index is 911. The monoisotopic (exact) mass is 366 g/mol. The number of anilines is 1. The van der Waals surface area contributed by atoms with Gasteiger partial charge in [-0.05, 0) is 30.2 Å². The maximum Gasteiger partial charge on any atom is 0.238 e. The number of amides is 1. The number of aryl methyl sites for hydroxylation is 1. The van der Waals surface area contributed by atoms with E-state index < -0.39 is 17.5 Å². The van der Waals surface area contributed by atoms with Gasteiger partial charge in [-0.15, -0.1) is 0 Å². The first-order valence-electron chi connectivity index (χ1n) is 8.63. The molecule has 0 unspecified atom stereocenters. The summed E-state index contributed by atoms with van der Waals surface area (Å²) < 4.78 is 26.9. The number of carbonyl (C=O) groups excluding carboxylic acids is 1. The maximum absolute atomic E-state index is 13.7. The van der Waals surface area contributed by atoms with Crippen molar-refractivity contribution in [1.29, 1.82) is 0 Å². The molecule has 3 aromatic carbocycles. The van der Waals surface area contributed by atoms with Gasteiger partial charge in [-0.25, -0.2) is 8.78 Å². The molecule has 0 saturated carbocycles. The Morgan fingerprint density at radius 1 is 0.926 bits per heavy atom. The Hall–Kier alpha value is -3.05. The minimum Gasteiger partial charge on any atom is -0.322 e. The van der Waals surface area contributed by atoms with E-state index in [1.807, 2.05) is 61.5 Å². The van der Waals surface area contributed by atoms with Gasteiger partial charge in [0.2, 0.25) is 5.91 Å². The van der Waals surface area contributed by atoms with E-state index in [9.17, 15) is 13.6 Å². The second-order valence-electron chi connectivity index (χ2n) is 6.31. The van der Waals surface area contributed by atoms with Crippen LogP contribution in [0.15, 0.2) is 72.8 Å². The number of carbonyl (C=O) groups is 1.